The van der Waals surface area contributed by atoms with Crippen molar-refractivity contribution in [1.29, 1.82) is 0 Å². The molecule has 0 saturated carbocycles. The molecule has 2 aromatic carbocycles. The maximum Gasteiger partial charge on any atom is 0.338 e. The first-order chi connectivity index (χ1) is 10.8. The number of esters is 1. The minimum Gasteiger partial charge on any atom is -0.465 e. The minimum absolute atomic E-state index is 0.107. The van der Waals surface area contributed by atoms with E-state index in [0.717, 1.165) is 16.7 Å². The average Bonchev–Trinajstić information content (AvgIpc) is 2.60. The standard InChI is InChI=1S/C19H18O3/c1-22-19(21)18(16-10-6-3-7-11-16)13-12-17(14-20)15-8-4-2-5-9-15/h2-13,20H,14H2,1H3/b17-12-,18-13+. The van der Waals surface area contributed by atoms with Gasteiger partial charge in [-0.25, -0.2) is 4.79 Å². The van der Waals surface area contributed by atoms with Crippen LogP contribution in [-0.2, 0) is 9.53 Å². The molecule has 0 aliphatic rings. The summed E-state index contributed by atoms with van der Waals surface area (Å²) in [4.78, 5) is 12.0. The van der Waals surface area contributed by atoms with E-state index in [-0.39, 0.29) is 6.61 Å². The molecular formula is C19H18O3. The molecule has 0 aliphatic carbocycles. The smallest absolute Gasteiger partial charge is 0.338 e. The van der Waals surface area contributed by atoms with Crippen LogP contribution in [0, 0.1) is 0 Å². The molecular weight excluding hydrogens is 276 g/mol. The second-order valence-electron chi connectivity index (χ2n) is 4.65. The van der Waals surface area contributed by atoms with E-state index in [1.807, 2.05) is 60.7 Å². The largest absolute Gasteiger partial charge is 0.465 e. The number of methoxy groups -OCH3 is 1. The Balaban J connectivity index is 2.41. The summed E-state index contributed by atoms with van der Waals surface area (Å²) in [6.45, 7) is -0.107. The van der Waals surface area contributed by atoms with E-state index >= 15 is 0 Å². The molecule has 22 heavy (non-hydrogen) atoms. The van der Waals surface area contributed by atoms with Crippen LogP contribution in [0.3, 0.4) is 0 Å². The van der Waals surface area contributed by atoms with Crippen LogP contribution in [0.4, 0.5) is 0 Å². The summed E-state index contributed by atoms with van der Waals surface area (Å²) in [6.07, 6.45) is 3.42. The van der Waals surface area contributed by atoms with Crippen molar-refractivity contribution in [3.05, 3.63) is 83.9 Å². The quantitative estimate of drug-likeness (QED) is 0.523. The molecule has 0 saturated heterocycles. The van der Waals surface area contributed by atoms with Crippen molar-refractivity contribution in [1.82, 2.24) is 0 Å². The lowest BCUT2D eigenvalue weighted by molar-refractivity contribution is -0.133. The maximum atomic E-state index is 12.0. The number of hydrogen-bond acceptors (Lipinski definition) is 3. The SMILES string of the molecule is COC(=O)/C(=C/C=C(/CO)c1ccccc1)c1ccccc1. The van der Waals surface area contributed by atoms with Crippen LogP contribution in [0.5, 0.6) is 0 Å². The number of allylic oxidation sites excluding steroid dienone is 2. The summed E-state index contributed by atoms with van der Waals surface area (Å²) in [7, 11) is 1.35. The molecule has 0 aliphatic heterocycles. The number of hydrogen-bond donors (Lipinski definition) is 1. The Kier molecular flexibility index (Phi) is 5.69. The van der Waals surface area contributed by atoms with Crippen molar-refractivity contribution in [2.75, 3.05) is 13.7 Å². The number of rotatable bonds is 5. The summed E-state index contributed by atoms with van der Waals surface area (Å²) in [6, 6.07) is 18.8. The Morgan fingerprint density at radius 1 is 0.955 bits per heavy atom. The van der Waals surface area contributed by atoms with E-state index in [9.17, 15) is 9.90 Å². The topological polar surface area (TPSA) is 46.5 Å². The van der Waals surface area contributed by atoms with Gasteiger partial charge in [0.05, 0.1) is 19.3 Å². The van der Waals surface area contributed by atoms with Gasteiger partial charge in [0.1, 0.15) is 0 Å². The lowest BCUT2D eigenvalue weighted by Gasteiger charge is -2.06. The summed E-state index contributed by atoms with van der Waals surface area (Å²) in [5, 5.41) is 9.54. The molecule has 0 fully saturated rings. The van der Waals surface area contributed by atoms with Gasteiger partial charge in [0.2, 0.25) is 0 Å². The molecule has 0 amide bonds. The fourth-order valence-electron chi connectivity index (χ4n) is 2.09. The van der Waals surface area contributed by atoms with E-state index < -0.39 is 5.97 Å². The van der Waals surface area contributed by atoms with Gasteiger partial charge in [-0.15, -0.1) is 0 Å². The molecule has 0 aromatic heterocycles. The molecule has 1 N–H and O–H groups in total. The molecule has 3 heteroatoms. The molecule has 0 heterocycles. The molecule has 3 nitrogen and oxygen atoms in total. The van der Waals surface area contributed by atoms with Crippen LogP contribution in [0.25, 0.3) is 11.1 Å². The average molecular weight is 294 g/mol. The molecule has 0 unspecified atom stereocenters. The van der Waals surface area contributed by atoms with E-state index in [0.29, 0.717) is 5.57 Å². The van der Waals surface area contributed by atoms with E-state index in [2.05, 4.69) is 0 Å². The Bertz CT molecular complexity index is 670. The molecule has 0 spiro atoms. The van der Waals surface area contributed by atoms with Crippen LogP contribution < -0.4 is 0 Å². The van der Waals surface area contributed by atoms with Gasteiger partial charge < -0.3 is 9.84 Å². The molecule has 0 bridgehead atoms. The highest BCUT2D eigenvalue weighted by molar-refractivity contribution is 6.16. The second-order valence-corrected chi connectivity index (χ2v) is 4.65. The number of carbonyl (C=O) groups is 1. The highest BCUT2D eigenvalue weighted by atomic mass is 16.5. The zero-order valence-electron chi connectivity index (χ0n) is 12.4. The normalized spacial score (nSPS) is 12.1. The lowest BCUT2D eigenvalue weighted by atomic mass is 10.0. The first-order valence-corrected chi connectivity index (χ1v) is 6.97. The van der Waals surface area contributed by atoms with Crippen LogP contribution in [0.1, 0.15) is 11.1 Å². The first kappa shape index (κ1) is 15.7. The van der Waals surface area contributed by atoms with Crippen LogP contribution in [0.2, 0.25) is 0 Å². The van der Waals surface area contributed by atoms with Gasteiger partial charge in [-0.05, 0) is 22.8 Å². The number of ether oxygens (including phenoxy) is 1. The Morgan fingerprint density at radius 3 is 2.00 bits per heavy atom. The number of benzene rings is 2. The summed E-state index contributed by atoms with van der Waals surface area (Å²) in [5.74, 6) is -0.409. The van der Waals surface area contributed by atoms with Crippen molar-refractivity contribution in [3.63, 3.8) is 0 Å². The van der Waals surface area contributed by atoms with Gasteiger partial charge in [-0.1, -0.05) is 66.7 Å². The predicted molar refractivity (Wildman–Crippen MR) is 87.9 cm³/mol. The third-order valence-corrected chi connectivity index (χ3v) is 3.26. The van der Waals surface area contributed by atoms with Crippen molar-refractivity contribution in [3.8, 4) is 0 Å². The van der Waals surface area contributed by atoms with E-state index in [1.54, 1.807) is 12.2 Å². The zero-order chi connectivity index (χ0) is 15.8. The minimum atomic E-state index is -0.409. The van der Waals surface area contributed by atoms with Gasteiger partial charge in [0.15, 0.2) is 0 Å². The van der Waals surface area contributed by atoms with Gasteiger partial charge in [0, 0.05) is 0 Å². The Morgan fingerprint density at radius 2 is 1.50 bits per heavy atom. The highest BCUT2D eigenvalue weighted by Gasteiger charge is 2.11. The van der Waals surface area contributed by atoms with Crippen LogP contribution in [0.15, 0.2) is 72.8 Å². The fourth-order valence-corrected chi connectivity index (χ4v) is 2.09. The summed E-state index contributed by atoms with van der Waals surface area (Å²) >= 11 is 0. The van der Waals surface area contributed by atoms with Crippen molar-refractivity contribution in [2.24, 2.45) is 0 Å². The number of aliphatic hydroxyl groups excluding tert-OH is 1. The zero-order valence-corrected chi connectivity index (χ0v) is 12.4. The van der Waals surface area contributed by atoms with Gasteiger partial charge in [-0.2, -0.15) is 0 Å². The third kappa shape index (κ3) is 3.93. The molecule has 0 atom stereocenters. The first-order valence-electron chi connectivity index (χ1n) is 6.97. The molecule has 112 valence electrons. The fraction of sp³-hybridized carbons (Fsp3) is 0.105. The Labute approximate surface area is 130 Å². The van der Waals surface area contributed by atoms with E-state index in [4.69, 9.17) is 4.74 Å². The Hall–Kier alpha value is -2.65. The monoisotopic (exact) mass is 294 g/mol. The number of aliphatic hydroxyl groups is 1. The maximum absolute atomic E-state index is 12.0. The lowest BCUT2D eigenvalue weighted by Crippen LogP contribution is -2.03. The molecule has 2 rings (SSSR count). The van der Waals surface area contributed by atoms with Crippen LogP contribution >= 0.6 is 0 Å². The summed E-state index contributed by atoms with van der Waals surface area (Å²) < 4.78 is 4.84. The van der Waals surface area contributed by atoms with Crippen molar-refractivity contribution < 1.29 is 14.6 Å². The predicted octanol–water partition coefficient (Wildman–Crippen LogP) is 3.32. The van der Waals surface area contributed by atoms with Crippen molar-refractivity contribution in [2.45, 2.75) is 0 Å². The van der Waals surface area contributed by atoms with Gasteiger partial charge in [-0.3, -0.25) is 0 Å². The summed E-state index contributed by atoms with van der Waals surface area (Å²) in [5.41, 5.74) is 2.87. The van der Waals surface area contributed by atoms with Gasteiger partial charge in [0.25, 0.3) is 0 Å². The van der Waals surface area contributed by atoms with Crippen LogP contribution in [-0.4, -0.2) is 24.8 Å². The van der Waals surface area contributed by atoms with Gasteiger partial charge >= 0.3 is 5.97 Å². The van der Waals surface area contributed by atoms with E-state index in [1.165, 1.54) is 7.11 Å². The molecule has 0 radical (unpaired) electrons. The number of carbonyl (C=O) groups excluding carboxylic acids is 1. The third-order valence-electron chi connectivity index (χ3n) is 3.26. The molecule has 2 aromatic rings. The highest BCUT2D eigenvalue weighted by Crippen LogP contribution is 2.19. The van der Waals surface area contributed by atoms with Crippen molar-refractivity contribution >= 4 is 17.1 Å². The second kappa shape index (κ2) is 7.96.